The second-order valence-electron chi connectivity index (χ2n) is 3.72. The van der Waals surface area contributed by atoms with E-state index in [4.69, 9.17) is 9.47 Å². The summed E-state index contributed by atoms with van der Waals surface area (Å²) in [4.78, 5) is 21.8. The Morgan fingerprint density at radius 3 is 2.76 bits per heavy atom. The molecular weight excluding hydrogens is 228 g/mol. The average Bonchev–Trinajstić information content (AvgIpc) is 2.37. The van der Waals surface area contributed by atoms with Crippen LogP contribution in [0.5, 0.6) is 0 Å². The van der Waals surface area contributed by atoms with Crippen LogP contribution in [0.2, 0.25) is 0 Å². The molecule has 1 saturated heterocycles. The van der Waals surface area contributed by atoms with Gasteiger partial charge in [-0.25, -0.2) is 4.79 Å². The van der Waals surface area contributed by atoms with Crippen LogP contribution in [0.3, 0.4) is 0 Å². The van der Waals surface area contributed by atoms with Crippen molar-refractivity contribution in [3.8, 4) is 0 Å². The Hall–Kier alpha value is -1.30. The fraction of sp³-hybridized carbons (Fsp3) is 0.818. The van der Waals surface area contributed by atoms with Crippen LogP contribution in [0, 0.1) is 0 Å². The van der Waals surface area contributed by atoms with E-state index < -0.39 is 12.1 Å². The van der Waals surface area contributed by atoms with Crippen LogP contribution in [0.1, 0.15) is 25.7 Å². The normalized spacial score (nSPS) is 19.5. The third-order valence-corrected chi connectivity index (χ3v) is 2.41. The first-order valence-corrected chi connectivity index (χ1v) is 5.70. The third kappa shape index (κ3) is 6.11. The Labute approximate surface area is 100 Å². The largest absolute Gasteiger partial charge is 0.508 e. The van der Waals surface area contributed by atoms with Crippen LogP contribution >= 0.6 is 0 Å². The Morgan fingerprint density at radius 1 is 1.29 bits per heavy atom. The maximum absolute atomic E-state index is 11.1. The maximum atomic E-state index is 11.1. The molecule has 0 saturated carbocycles. The van der Waals surface area contributed by atoms with Gasteiger partial charge in [0.25, 0.3) is 0 Å². The smallest absolute Gasteiger partial charge is 0.469 e. The summed E-state index contributed by atoms with van der Waals surface area (Å²) in [5, 5.41) is 0. The Kier molecular flexibility index (Phi) is 6.39. The van der Waals surface area contributed by atoms with E-state index in [9.17, 15) is 9.59 Å². The molecule has 0 spiro atoms. The van der Waals surface area contributed by atoms with Crippen LogP contribution in [0.25, 0.3) is 0 Å². The molecule has 0 aromatic heterocycles. The van der Waals surface area contributed by atoms with E-state index in [0.717, 1.165) is 19.3 Å². The van der Waals surface area contributed by atoms with Crippen LogP contribution < -0.4 is 0 Å². The second-order valence-corrected chi connectivity index (χ2v) is 3.72. The molecule has 17 heavy (non-hydrogen) atoms. The molecule has 1 aliphatic rings. The predicted molar refractivity (Wildman–Crippen MR) is 57.5 cm³/mol. The number of esters is 1. The summed E-state index contributed by atoms with van der Waals surface area (Å²) in [7, 11) is 1.28. The van der Waals surface area contributed by atoms with Gasteiger partial charge in [0.05, 0.1) is 19.6 Å². The van der Waals surface area contributed by atoms with Crippen molar-refractivity contribution in [2.75, 3.05) is 26.9 Å². The molecule has 0 aromatic rings. The van der Waals surface area contributed by atoms with Crippen LogP contribution in [0.4, 0.5) is 4.79 Å². The van der Waals surface area contributed by atoms with Crippen molar-refractivity contribution >= 4 is 12.1 Å². The molecule has 1 fully saturated rings. The van der Waals surface area contributed by atoms with Gasteiger partial charge in [0.2, 0.25) is 0 Å². The molecule has 0 radical (unpaired) electrons. The lowest BCUT2D eigenvalue weighted by molar-refractivity contribution is -0.141. The van der Waals surface area contributed by atoms with Gasteiger partial charge in [0.15, 0.2) is 0 Å². The third-order valence-electron chi connectivity index (χ3n) is 2.41. The monoisotopic (exact) mass is 246 g/mol. The van der Waals surface area contributed by atoms with E-state index in [1.165, 1.54) is 7.11 Å². The summed E-state index contributed by atoms with van der Waals surface area (Å²) in [6, 6.07) is 0. The van der Waals surface area contributed by atoms with Crippen LogP contribution in [-0.4, -0.2) is 45.2 Å². The van der Waals surface area contributed by atoms with Gasteiger partial charge >= 0.3 is 12.1 Å². The molecule has 0 aromatic carbocycles. The SMILES string of the molecule is COC(=O)CCOC(=O)OCC1CCCCO1. The zero-order valence-corrected chi connectivity index (χ0v) is 9.98. The first-order valence-electron chi connectivity index (χ1n) is 5.70. The van der Waals surface area contributed by atoms with Crippen molar-refractivity contribution in [3.05, 3.63) is 0 Å². The molecule has 6 heteroatoms. The van der Waals surface area contributed by atoms with E-state index >= 15 is 0 Å². The fourth-order valence-electron chi connectivity index (χ4n) is 1.46. The molecule has 0 aliphatic carbocycles. The van der Waals surface area contributed by atoms with Crippen LogP contribution in [0.15, 0.2) is 0 Å². The summed E-state index contributed by atoms with van der Waals surface area (Å²) in [5.41, 5.74) is 0. The highest BCUT2D eigenvalue weighted by Gasteiger charge is 2.16. The van der Waals surface area contributed by atoms with Gasteiger partial charge in [-0.05, 0) is 19.3 Å². The highest BCUT2D eigenvalue weighted by Crippen LogP contribution is 2.12. The van der Waals surface area contributed by atoms with E-state index in [2.05, 4.69) is 9.47 Å². The molecule has 1 heterocycles. The van der Waals surface area contributed by atoms with E-state index in [1.807, 2.05) is 0 Å². The number of hydrogen-bond donors (Lipinski definition) is 0. The minimum Gasteiger partial charge on any atom is -0.469 e. The second kappa shape index (κ2) is 7.89. The van der Waals surface area contributed by atoms with Gasteiger partial charge in [0.1, 0.15) is 13.2 Å². The van der Waals surface area contributed by atoms with Gasteiger partial charge in [-0.15, -0.1) is 0 Å². The molecule has 1 rings (SSSR count). The Morgan fingerprint density at radius 2 is 2.12 bits per heavy atom. The Balaban J connectivity index is 2.02. The summed E-state index contributed by atoms with van der Waals surface area (Å²) >= 11 is 0. The molecule has 6 nitrogen and oxygen atoms in total. The highest BCUT2D eigenvalue weighted by atomic mass is 16.7. The number of rotatable bonds is 5. The molecule has 1 atom stereocenters. The molecule has 1 aliphatic heterocycles. The molecule has 98 valence electrons. The van der Waals surface area contributed by atoms with Crippen molar-refractivity contribution in [3.63, 3.8) is 0 Å². The number of carbonyl (C=O) groups excluding carboxylic acids is 2. The number of hydrogen-bond acceptors (Lipinski definition) is 6. The summed E-state index contributed by atoms with van der Waals surface area (Å²) in [6.07, 6.45) is 2.27. The minimum absolute atomic E-state index is 0.0306. The van der Waals surface area contributed by atoms with Gasteiger partial charge in [-0.3, -0.25) is 4.79 Å². The first kappa shape index (κ1) is 13.8. The van der Waals surface area contributed by atoms with Crippen molar-refractivity contribution in [1.29, 1.82) is 0 Å². The summed E-state index contributed by atoms with van der Waals surface area (Å²) in [6.45, 7) is 0.888. The highest BCUT2D eigenvalue weighted by molar-refractivity contribution is 5.69. The quantitative estimate of drug-likeness (QED) is 0.680. The standard InChI is InChI=1S/C11H18O6/c1-14-10(12)5-7-16-11(13)17-8-9-4-2-3-6-15-9/h9H,2-8H2,1H3. The van der Waals surface area contributed by atoms with Crippen molar-refractivity contribution in [1.82, 2.24) is 0 Å². The topological polar surface area (TPSA) is 71.1 Å². The minimum atomic E-state index is -0.775. The van der Waals surface area contributed by atoms with Gasteiger partial charge < -0.3 is 18.9 Å². The number of carbonyl (C=O) groups is 2. The zero-order valence-electron chi connectivity index (χ0n) is 9.98. The summed E-state index contributed by atoms with van der Waals surface area (Å²) in [5.74, 6) is -0.423. The van der Waals surface area contributed by atoms with Crippen LogP contribution in [-0.2, 0) is 23.7 Å². The van der Waals surface area contributed by atoms with E-state index in [0.29, 0.717) is 6.61 Å². The molecule has 1 unspecified atom stereocenters. The lowest BCUT2D eigenvalue weighted by Crippen LogP contribution is -2.26. The lowest BCUT2D eigenvalue weighted by atomic mass is 10.1. The average molecular weight is 246 g/mol. The number of methoxy groups -OCH3 is 1. The zero-order chi connectivity index (χ0) is 12.5. The lowest BCUT2D eigenvalue weighted by Gasteiger charge is -2.21. The van der Waals surface area contributed by atoms with Crippen molar-refractivity contribution < 1.29 is 28.5 Å². The molecule has 0 amide bonds. The van der Waals surface area contributed by atoms with Gasteiger partial charge in [-0.2, -0.15) is 0 Å². The molecule has 0 N–H and O–H groups in total. The van der Waals surface area contributed by atoms with Crippen molar-refractivity contribution in [2.24, 2.45) is 0 Å². The Bertz CT molecular complexity index is 246. The fourth-order valence-corrected chi connectivity index (χ4v) is 1.46. The maximum Gasteiger partial charge on any atom is 0.508 e. The summed E-state index contributed by atoms with van der Waals surface area (Å²) < 4.78 is 19.3. The van der Waals surface area contributed by atoms with E-state index in [1.54, 1.807) is 0 Å². The first-order chi connectivity index (χ1) is 8.22. The number of ether oxygens (including phenoxy) is 4. The van der Waals surface area contributed by atoms with Gasteiger partial charge in [0, 0.05) is 6.61 Å². The van der Waals surface area contributed by atoms with Crippen molar-refractivity contribution in [2.45, 2.75) is 31.8 Å². The van der Waals surface area contributed by atoms with Gasteiger partial charge in [-0.1, -0.05) is 0 Å². The predicted octanol–water partition coefficient (Wildman–Crippen LogP) is 1.27. The molecule has 0 bridgehead atoms. The molecular formula is C11H18O6. The van der Waals surface area contributed by atoms with E-state index in [-0.39, 0.29) is 25.7 Å².